The largest absolute Gasteiger partial charge is 0.340 e. The Labute approximate surface area is 99.3 Å². The van der Waals surface area contributed by atoms with E-state index in [4.69, 9.17) is 0 Å². The molecule has 2 amide bonds. The van der Waals surface area contributed by atoms with Crippen LogP contribution in [0.25, 0.3) is 0 Å². The lowest BCUT2D eigenvalue weighted by atomic mass is 9.95. The third kappa shape index (κ3) is 2.92. The van der Waals surface area contributed by atoms with Gasteiger partial charge in [0, 0.05) is 0 Å². The molecule has 1 atom stereocenters. The number of hydrogen-bond acceptors (Lipinski definition) is 2. The summed E-state index contributed by atoms with van der Waals surface area (Å²) in [4.78, 5) is 24.8. The summed E-state index contributed by atoms with van der Waals surface area (Å²) in [5.74, 6) is -0.798. The van der Waals surface area contributed by atoms with Crippen molar-refractivity contribution in [2.45, 2.75) is 51.6 Å². The Morgan fingerprint density at radius 3 is 2.47 bits per heavy atom. The average molecular weight is 248 g/mol. The number of piperazine rings is 1. The fourth-order valence-electron chi connectivity index (χ4n) is 2.01. The van der Waals surface area contributed by atoms with Crippen LogP contribution in [0.2, 0.25) is 0 Å². The Balaban J connectivity index is 2.95. The molecule has 0 bridgehead atoms. The molecule has 17 heavy (non-hydrogen) atoms. The van der Waals surface area contributed by atoms with E-state index in [1.165, 1.54) is 13.8 Å². The van der Waals surface area contributed by atoms with Crippen LogP contribution in [0.15, 0.2) is 0 Å². The van der Waals surface area contributed by atoms with Gasteiger partial charge in [-0.1, -0.05) is 13.3 Å². The van der Waals surface area contributed by atoms with Crippen LogP contribution in [-0.2, 0) is 9.59 Å². The van der Waals surface area contributed by atoms with Crippen molar-refractivity contribution in [2.75, 3.05) is 6.54 Å². The molecule has 0 radical (unpaired) electrons. The van der Waals surface area contributed by atoms with Crippen molar-refractivity contribution < 1.29 is 18.4 Å². The minimum absolute atomic E-state index is 0.350. The molecular formula is C11H18F2N2O2. The number of carbonyl (C=O) groups is 2. The van der Waals surface area contributed by atoms with Gasteiger partial charge in [0.15, 0.2) is 0 Å². The molecule has 6 heteroatoms. The van der Waals surface area contributed by atoms with Crippen molar-refractivity contribution in [1.82, 2.24) is 10.2 Å². The van der Waals surface area contributed by atoms with Gasteiger partial charge in [-0.2, -0.15) is 0 Å². The Morgan fingerprint density at radius 1 is 1.41 bits per heavy atom. The van der Waals surface area contributed by atoms with E-state index >= 15 is 0 Å². The summed E-state index contributed by atoms with van der Waals surface area (Å²) in [6, 6.07) is -0.769. The molecule has 1 aliphatic heterocycles. The molecule has 1 saturated heterocycles. The first-order chi connectivity index (χ1) is 7.79. The summed E-state index contributed by atoms with van der Waals surface area (Å²) in [5.41, 5.74) is -1.10. The van der Waals surface area contributed by atoms with Gasteiger partial charge in [0.1, 0.15) is 11.6 Å². The molecule has 0 spiro atoms. The highest BCUT2D eigenvalue weighted by Gasteiger charge is 2.45. The van der Waals surface area contributed by atoms with E-state index in [-0.39, 0.29) is 5.91 Å². The third-order valence-electron chi connectivity index (χ3n) is 2.81. The van der Waals surface area contributed by atoms with Crippen molar-refractivity contribution in [3.05, 3.63) is 0 Å². The van der Waals surface area contributed by atoms with Gasteiger partial charge in [-0.3, -0.25) is 9.59 Å². The Hall–Kier alpha value is -1.20. The van der Waals surface area contributed by atoms with Crippen LogP contribution in [0.1, 0.15) is 33.6 Å². The number of amides is 2. The minimum Gasteiger partial charge on any atom is -0.340 e. The fraction of sp³-hybridized carbons (Fsp3) is 0.818. The number of alkyl halides is 2. The van der Waals surface area contributed by atoms with Crippen LogP contribution >= 0.6 is 0 Å². The lowest BCUT2D eigenvalue weighted by Crippen LogP contribution is -2.68. The van der Waals surface area contributed by atoms with E-state index in [1.54, 1.807) is 0 Å². The summed E-state index contributed by atoms with van der Waals surface area (Å²) in [6.45, 7) is 4.21. The molecule has 1 unspecified atom stereocenters. The monoisotopic (exact) mass is 248 g/mol. The predicted molar refractivity (Wildman–Crippen MR) is 58.6 cm³/mol. The molecule has 1 heterocycles. The van der Waals surface area contributed by atoms with Crippen LogP contribution < -0.4 is 5.32 Å². The van der Waals surface area contributed by atoms with Gasteiger partial charge >= 0.3 is 0 Å². The molecule has 1 N–H and O–H groups in total. The smallest absolute Gasteiger partial charge is 0.255 e. The van der Waals surface area contributed by atoms with Gasteiger partial charge in [-0.05, 0) is 20.3 Å². The maximum absolute atomic E-state index is 12.5. The maximum Gasteiger partial charge on any atom is 0.255 e. The zero-order valence-corrected chi connectivity index (χ0v) is 10.3. The first-order valence-electron chi connectivity index (χ1n) is 5.70. The van der Waals surface area contributed by atoms with Crippen LogP contribution in [0.4, 0.5) is 8.78 Å². The normalized spacial score (nSPS) is 24.1. The van der Waals surface area contributed by atoms with E-state index in [9.17, 15) is 18.4 Å². The summed E-state index contributed by atoms with van der Waals surface area (Å²) in [7, 11) is 0. The first-order valence-corrected chi connectivity index (χ1v) is 5.70. The number of carbonyl (C=O) groups excluding carboxylic acids is 2. The summed E-state index contributed by atoms with van der Waals surface area (Å²) < 4.78 is 24.9. The van der Waals surface area contributed by atoms with Crippen molar-refractivity contribution in [1.29, 1.82) is 0 Å². The molecule has 1 fully saturated rings. The molecule has 0 aliphatic carbocycles. The molecule has 1 aliphatic rings. The van der Waals surface area contributed by atoms with Crippen LogP contribution in [0.5, 0.6) is 0 Å². The van der Waals surface area contributed by atoms with Crippen molar-refractivity contribution >= 4 is 11.8 Å². The van der Waals surface area contributed by atoms with Crippen LogP contribution in [-0.4, -0.2) is 41.3 Å². The quantitative estimate of drug-likeness (QED) is 0.811. The van der Waals surface area contributed by atoms with E-state index < -0.39 is 30.5 Å². The summed E-state index contributed by atoms with van der Waals surface area (Å²) >= 11 is 0. The molecule has 0 aromatic carbocycles. The van der Waals surface area contributed by atoms with Gasteiger partial charge in [-0.25, -0.2) is 8.78 Å². The second kappa shape index (κ2) is 4.98. The van der Waals surface area contributed by atoms with Gasteiger partial charge in [-0.15, -0.1) is 0 Å². The molecule has 0 aromatic rings. The van der Waals surface area contributed by atoms with E-state index in [0.29, 0.717) is 12.8 Å². The number of hydrogen-bond donors (Lipinski definition) is 1. The second-order valence-electron chi connectivity index (χ2n) is 4.77. The molecule has 4 nitrogen and oxygen atoms in total. The lowest BCUT2D eigenvalue weighted by molar-refractivity contribution is -0.155. The zero-order valence-electron chi connectivity index (χ0n) is 10.3. The number of nitrogens with zero attached hydrogens (tertiary/aromatic N) is 1. The number of rotatable bonds is 4. The molecule has 0 aromatic heterocycles. The molecule has 98 valence electrons. The fourth-order valence-corrected chi connectivity index (χ4v) is 2.01. The van der Waals surface area contributed by atoms with Crippen LogP contribution in [0.3, 0.4) is 0 Å². The van der Waals surface area contributed by atoms with Gasteiger partial charge in [0.2, 0.25) is 11.8 Å². The topological polar surface area (TPSA) is 49.4 Å². The summed E-state index contributed by atoms with van der Waals surface area (Å²) in [5, 5.41) is 2.57. The van der Waals surface area contributed by atoms with E-state index in [2.05, 4.69) is 5.32 Å². The summed E-state index contributed by atoms with van der Waals surface area (Å²) in [6.07, 6.45) is -1.56. The Kier molecular flexibility index (Phi) is 4.06. The molecule has 1 rings (SSSR count). The molecular weight excluding hydrogens is 230 g/mol. The number of halogens is 2. The Bertz CT molecular complexity index is 319. The highest BCUT2D eigenvalue weighted by atomic mass is 19.3. The van der Waals surface area contributed by atoms with E-state index in [0.717, 1.165) is 4.90 Å². The van der Waals surface area contributed by atoms with Crippen molar-refractivity contribution in [2.24, 2.45) is 0 Å². The van der Waals surface area contributed by atoms with Crippen molar-refractivity contribution in [3.8, 4) is 0 Å². The SMILES string of the molecule is CCCC1C(=O)NC(C)(C)C(=O)N1CC(F)F. The third-order valence-corrected chi connectivity index (χ3v) is 2.81. The standard InChI is InChI=1S/C11H18F2N2O2/c1-4-5-7-9(16)14-11(2,3)10(17)15(7)6-8(12)13/h7-8H,4-6H2,1-3H3,(H,14,16). The average Bonchev–Trinajstić information content (AvgIpc) is 2.19. The molecule has 0 saturated carbocycles. The van der Waals surface area contributed by atoms with Gasteiger partial charge in [0.05, 0.1) is 6.54 Å². The lowest BCUT2D eigenvalue weighted by Gasteiger charge is -2.42. The number of nitrogens with one attached hydrogen (secondary N) is 1. The zero-order chi connectivity index (χ0) is 13.2. The minimum atomic E-state index is -2.62. The Morgan fingerprint density at radius 2 is 2.00 bits per heavy atom. The van der Waals surface area contributed by atoms with Gasteiger partial charge < -0.3 is 10.2 Å². The first kappa shape index (κ1) is 13.9. The second-order valence-corrected chi connectivity index (χ2v) is 4.77. The van der Waals surface area contributed by atoms with Gasteiger partial charge in [0.25, 0.3) is 6.43 Å². The van der Waals surface area contributed by atoms with Crippen LogP contribution in [0, 0.1) is 0 Å². The highest BCUT2D eigenvalue weighted by Crippen LogP contribution is 2.21. The van der Waals surface area contributed by atoms with E-state index in [1.807, 2.05) is 6.92 Å². The predicted octanol–water partition coefficient (Wildman–Crippen LogP) is 1.16. The van der Waals surface area contributed by atoms with Crippen molar-refractivity contribution in [3.63, 3.8) is 0 Å². The highest BCUT2D eigenvalue weighted by molar-refractivity contribution is 5.99. The maximum atomic E-state index is 12.5.